The lowest BCUT2D eigenvalue weighted by molar-refractivity contribution is 0.0696. The third kappa shape index (κ3) is 16.0. The third-order valence-electron chi connectivity index (χ3n) is 9.22. The zero-order valence-electron chi connectivity index (χ0n) is 34.7. The van der Waals surface area contributed by atoms with Crippen molar-refractivity contribution >= 4 is 11.9 Å². The Balaban J connectivity index is 0.000000711. The largest absolute Gasteiger partial charge is 0.493 e. The van der Waals surface area contributed by atoms with Gasteiger partial charge in [0.05, 0.1) is 17.7 Å². The zero-order chi connectivity index (χ0) is 39.9. The first kappa shape index (κ1) is 48.6. The maximum atomic E-state index is 10.5. The fourth-order valence-corrected chi connectivity index (χ4v) is 6.14. The van der Waals surface area contributed by atoms with Crippen LogP contribution in [0.4, 0.5) is 0 Å². The molecule has 0 aliphatic carbocycles. The van der Waals surface area contributed by atoms with Crippen molar-refractivity contribution in [3.63, 3.8) is 0 Å². The Hall–Kier alpha value is -4.38. The molecule has 0 saturated heterocycles. The molecule has 4 rings (SSSR count). The molecule has 292 valence electrons. The van der Waals surface area contributed by atoms with Gasteiger partial charge in [0.25, 0.3) is 0 Å². The normalized spacial score (nSPS) is 10.3. The predicted molar refractivity (Wildman–Crippen MR) is 227 cm³/mol. The minimum atomic E-state index is -1.12. The van der Waals surface area contributed by atoms with Crippen molar-refractivity contribution in [3.8, 4) is 5.75 Å². The number of carbonyl (C=O) groups is 2. The third-order valence-corrected chi connectivity index (χ3v) is 9.22. The molecule has 0 amide bonds. The summed E-state index contributed by atoms with van der Waals surface area (Å²) in [5.74, 6) is 0.588. The Bertz CT molecular complexity index is 1630. The summed E-state index contributed by atoms with van der Waals surface area (Å²) in [6.45, 7) is 33.1. The Morgan fingerprint density at radius 2 is 0.887 bits per heavy atom. The van der Waals surface area contributed by atoms with E-state index in [1.165, 1.54) is 80.6 Å². The number of carboxylic acid groups (broad SMARTS) is 2. The van der Waals surface area contributed by atoms with Crippen LogP contribution < -0.4 is 4.74 Å². The molecule has 0 radical (unpaired) electrons. The number of benzene rings is 4. The van der Waals surface area contributed by atoms with Crippen LogP contribution in [0.3, 0.4) is 0 Å². The molecular formula is C48H70O5. The number of hydrogen-bond acceptors (Lipinski definition) is 3. The van der Waals surface area contributed by atoms with Gasteiger partial charge >= 0.3 is 11.9 Å². The van der Waals surface area contributed by atoms with Gasteiger partial charge in [-0.3, -0.25) is 0 Å². The van der Waals surface area contributed by atoms with E-state index in [4.69, 9.17) is 14.9 Å². The minimum absolute atomic E-state index is 0. The maximum Gasteiger partial charge on any atom is 0.335 e. The molecule has 0 heterocycles. The zero-order valence-corrected chi connectivity index (χ0v) is 34.7. The first-order valence-corrected chi connectivity index (χ1v) is 18.7. The number of aryl methyl sites for hydroxylation is 8. The second kappa shape index (κ2) is 23.3. The highest BCUT2D eigenvalue weighted by molar-refractivity contribution is 5.94. The molecule has 0 saturated carbocycles. The first-order valence-electron chi connectivity index (χ1n) is 18.7. The van der Waals surface area contributed by atoms with Gasteiger partial charge in [-0.05, 0) is 156 Å². The van der Waals surface area contributed by atoms with E-state index in [0.717, 1.165) is 18.4 Å². The van der Waals surface area contributed by atoms with Crippen molar-refractivity contribution in [2.75, 3.05) is 6.61 Å². The lowest BCUT2D eigenvalue weighted by Gasteiger charge is -2.24. The minimum Gasteiger partial charge on any atom is -0.493 e. The number of carboxylic acids is 2. The monoisotopic (exact) mass is 727 g/mol. The van der Waals surface area contributed by atoms with Gasteiger partial charge in [0.1, 0.15) is 5.75 Å². The molecule has 2 N–H and O–H groups in total. The van der Waals surface area contributed by atoms with Gasteiger partial charge in [-0.2, -0.15) is 0 Å². The highest BCUT2D eigenvalue weighted by Gasteiger charge is 2.20. The summed E-state index contributed by atoms with van der Waals surface area (Å²) < 4.78 is 6.05. The second-order valence-corrected chi connectivity index (χ2v) is 14.7. The molecule has 0 spiro atoms. The van der Waals surface area contributed by atoms with Gasteiger partial charge in [0.2, 0.25) is 0 Å². The number of aromatic carboxylic acids is 2. The molecule has 0 atom stereocenters. The standard InChI is InChI=1S/C19H32O.C10H14.C9H8O4.C9H12.CH4/c1-8-15(9-2)18-12-16(13(4)5)11-17(14(6)7)19(18)20-10-3;1-7-5-9(3)10(4)6-8(7)2;1-5-2-6(8(10)11)4-7(3-5)9(12)13;1-7-4-8(2)6-9(3)5-7;/h11-15H,8-10H2,1-7H3;5-6H,1-4H3;2-4H,1H3,(H,10,11)(H,12,13);4-6H,1-3H3;1H4. The lowest BCUT2D eigenvalue weighted by atomic mass is 9.85. The van der Waals surface area contributed by atoms with E-state index in [0.29, 0.717) is 23.3 Å². The van der Waals surface area contributed by atoms with Crippen LogP contribution in [0, 0.1) is 55.4 Å². The van der Waals surface area contributed by atoms with Crippen molar-refractivity contribution in [2.45, 2.75) is 142 Å². The van der Waals surface area contributed by atoms with Crippen LogP contribution in [0.25, 0.3) is 0 Å². The van der Waals surface area contributed by atoms with Crippen molar-refractivity contribution in [1.82, 2.24) is 0 Å². The van der Waals surface area contributed by atoms with Gasteiger partial charge in [-0.15, -0.1) is 0 Å². The molecule has 4 aromatic rings. The van der Waals surface area contributed by atoms with Crippen LogP contribution in [0.2, 0.25) is 0 Å². The predicted octanol–water partition coefficient (Wildman–Crippen LogP) is 13.8. The highest BCUT2D eigenvalue weighted by atomic mass is 16.5. The Kier molecular flexibility index (Phi) is 21.4. The quantitative estimate of drug-likeness (QED) is 0.179. The topological polar surface area (TPSA) is 83.8 Å². The van der Waals surface area contributed by atoms with Crippen LogP contribution >= 0.6 is 0 Å². The summed E-state index contributed by atoms with van der Waals surface area (Å²) in [6, 6.07) is 19.8. The molecule has 0 fully saturated rings. The van der Waals surface area contributed by atoms with Gasteiger partial charge < -0.3 is 14.9 Å². The molecule has 0 unspecified atom stereocenters. The van der Waals surface area contributed by atoms with E-state index in [1.54, 1.807) is 6.92 Å². The molecule has 0 aliphatic heterocycles. The lowest BCUT2D eigenvalue weighted by Crippen LogP contribution is -2.08. The smallest absolute Gasteiger partial charge is 0.335 e. The molecule has 0 aromatic heterocycles. The molecular weight excluding hydrogens is 657 g/mol. The summed E-state index contributed by atoms with van der Waals surface area (Å²) in [5.41, 5.74) is 14.5. The van der Waals surface area contributed by atoms with Crippen LogP contribution in [-0.2, 0) is 0 Å². The summed E-state index contributed by atoms with van der Waals surface area (Å²) in [4.78, 5) is 21.1. The fraction of sp³-hybridized carbons (Fsp3) is 0.458. The van der Waals surface area contributed by atoms with Crippen molar-refractivity contribution in [3.05, 3.63) is 133 Å². The number of rotatable bonds is 9. The van der Waals surface area contributed by atoms with E-state index < -0.39 is 11.9 Å². The van der Waals surface area contributed by atoms with Crippen LogP contribution in [0.5, 0.6) is 5.75 Å². The van der Waals surface area contributed by atoms with E-state index in [2.05, 4.69) is 139 Å². The van der Waals surface area contributed by atoms with Crippen LogP contribution in [-0.4, -0.2) is 28.8 Å². The Morgan fingerprint density at radius 1 is 0.528 bits per heavy atom. The highest BCUT2D eigenvalue weighted by Crippen LogP contribution is 2.40. The SMILES string of the molecule is C.CCOc1c(C(C)C)cc(C(C)C)cc1C(CC)CC.Cc1cc(C(=O)O)cc(C(=O)O)c1.Cc1cc(C)c(C)cc1C.Cc1cc(C)cc(C)c1. The Labute approximate surface area is 322 Å². The number of ether oxygens (including phenoxy) is 1. The van der Waals surface area contributed by atoms with E-state index in [9.17, 15) is 9.59 Å². The van der Waals surface area contributed by atoms with Gasteiger partial charge in [-0.25, -0.2) is 9.59 Å². The molecule has 53 heavy (non-hydrogen) atoms. The molecule has 0 aliphatic rings. The van der Waals surface area contributed by atoms with Crippen molar-refractivity contribution in [1.29, 1.82) is 0 Å². The van der Waals surface area contributed by atoms with Crippen molar-refractivity contribution in [2.24, 2.45) is 0 Å². The summed E-state index contributed by atoms with van der Waals surface area (Å²) >= 11 is 0. The van der Waals surface area contributed by atoms with Crippen LogP contribution in [0.15, 0.2) is 60.7 Å². The molecule has 5 heteroatoms. The second-order valence-electron chi connectivity index (χ2n) is 14.7. The van der Waals surface area contributed by atoms with Gasteiger partial charge in [0, 0.05) is 0 Å². The van der Waals surface area contributed by atoms with Gasteiger partial charge in [0.15, 0.2) is 0 Å². The van der Waals surface area contributed by atoms with Crippen molar-refractivity contribution < 1.29 is 24.5 Å². The first-order chi connectivity index (χ1) is 24.2. The summed E-state index contributed by atoms with van der Waals surface area (Å²) in [7, 11) is 0. The molecule has 0 bridgehead atoms. The van der Waals surface area contributed by atoms with Crippen LogP contribution in [0.1, 0.15) is 168 Å². The average Bonchev–Trinajstić information content (AvgIpc) is 3.04. The maximum absolute atomic E-state index is 10.5. The molecule has 5 nitrogen and oxygen atoms in total. The van der Waals surface area contributed by atoms with E-state index in [-0.39, 0.29) is 18.6 Å². The van der Waals surface area contributed by atoms with E-state index in [1.807, 2.05) is 0 Å². The summed E-state index contributed by atoms with van der Waals surface area (Å²) in [5, 5.41) is 17.2. The molecule has 4 aromatic carbocycles. The average molecular weight is 727 g/mol. The number of hydrogen-bond donors (Lipinski definition) is 2. The fourth-order valence-electron chi connectivity index (χ4n) is 6.14. The summed E-state index contributed by atoms with van der Waals surface area (Å²) in [6.07, 6.45) is 2.35. The Morgan fingerprint density at radius 3 is 1.19 bits per heavy atom. The van der Waals surface area contributed by atoms with E-state index >= 15 is 0 Å². The van der Waals surface area contributed by atoms with Gasteiger partial charge in [-0.1, -0.05) is 108 Å².